The lowest BCUT2D eigenvalue weighted by Crippen LogP contribution is -2.35. The fourth-order valence-electron chi connectivity index (χ4n) is 1.62. The summed E-state index contributed by atoms with van der Waals surface area (Å²) in [5, 5.41) is 0. The van der Waals surface area contributed by atoms with E-state index in [9.17, 15) is 0 Å². The van der Waals surface area contributed by atoms with Crippen LogP contribution in [0, 0.1) is 5.92 Å². The summed E-state index contributed by atoms with van der Waals surface area (Å²) < 4.78 is 0. The van der Waals surface area contributed by atoms with Crippen LogP contribution >= 0.6 is 0 Å². The van der Waals surface area contributed by atoms with Crippen molar-refractivity contribution in [3.05, 3.63) is 0 Å². The molecule has 2 heteroatoms. The van der Waals surface area contributed by atoms with Crippen LogP contribution in [-0.2, 0) is 0 Å². The minimum absolute atomic E-state index is 0.667. The molecule has 0 aliphatic heterocycles. The molecule has 0 saturated heterocycles. The van der Waals surface area contributed by atoms with Crippen molar-refractivity contribution in [2.24, 2.45) is 11.7 Å². The van der Waals surface area contributed by atoms with Crippen LogP contribution in [0.5, 0.6) is 0 Å². The summed E-state index contributed by atoms with van der Waals surface area (Å²) in [5.74, 6) is 0.735. The lowest BCUT2D eigenvalue weighted by Gasteiger charge is -2.28. The van der Waals surface area contributed by atoms with Crippen molar-refractivity contribution in [2.45, 2.75) is 46.6 Å². The Morgan fingerprint density at radius 2 is 1.85 bits per heavy atom. The van der Waals surface area contributed by atoms with Gasteiger partial charge in [-0.2, -0.15) is 0 Å². The molecule has 2 N–H and O–H groups in total. The fraction of sp³-hybridized carbons (Fsp3) is 1.00. The van der Waals surface area contributed by atoms with Crippen molar-refractivity contribution in [2.75, 3.05) is 19.6 Å². The zero-order valence-electron chi connectivity index (χ0n) is 9.71. The highest BCUT2D eigenvalue weighted by Crippen LogP contribution is 2.07. The third-order valence-corrected chi connectivity index (χ3v) is 2.45. The van der Waals surface area contributed by atoms with Gasteiger partial charge in [0.1, 0.15) is 0 Å². The van der Waals surface area contributed by atoms with Gasteiger partial charge in [0.2, 0.25) is 0 Å². The van der Waals surface area contributed by atoms with Gasteiger partial charge >= 0.3 is 0 Å². The Labute approximate surface area is 83.5 Å². The number of nitrogens with two attached hydrogens (primary N) is 1. The molecule has 0 heterocycles. The summed E-state index contributed by atoms with van der Waals surface area (Å²) in [5.41, 5.74) is 5.54. The second-order valence-corrected chi connectivity index (χ2v) is 4.27. The SMILES string of the molecule is CCCN(CC(C)CCN)C(C)C. The van der Waals surface area contributed by atoms with Crippen molar-refractivity contribution in [1.29, 1.82) is 0 Å². The van der Waals surface area contributed by atoms with E-state index in [1.54, 1.807) is 0 Å². The lowest BCUT2D eigenvalue weighted by molar-refractivity contribution is 0.189. The van der Waals surface area contributed by atoms with E-state index < -0.39 is 0 Å². The van der Waals surface area contributed by atoms with E-state index >= 15 is 0 Å². The summed E-state index contributed by atoms with van der Waals surface area (Å²) in [6.07, 6.45) is 2.39. The first-order chi connectivity index (χ1) is 6.11. The monoisotopic (exact) mass is 186 g/mol. The Morgan fingerprint density at radius 1 is 1.23 bits per heavy atom. The molecular formula is C11H26N2. The molecule has 0 saturated carbocycles. The standard InChI is InChI=1S/C11H26N2/c1-5-8-13(10(2)3)9-11(4)6-7-12/h10-11H,5-9,12H2,1-4H3. The van der Waals surface area contributed by atoms with E-state index in [4.69, 9.17) is 5.73 Å². The van der Waals surface area contributed by atoms with E-state index in [0.717, 1.165) is 18.9 Å². The largest absolute Gasteiger partial charge is 0.330 e. The number of rotatable bonds is 7. The highest BCUT2D eigenvalue weighted by atomic mass is 15.1. The van der Waals surface area contributed by atoms with Crippen molar-refractivity contribution in [3.63, 3.8) is 0 Å². The Balaban J connectivity index is 3.79. The Morgan fingerprint density at radius 3 is 2.23 bits per heavy atom. The first-order valence-electron chi connectivity index (χ1n) is 5.55. The normalized spacial score (nSPS) is 14.1. The average Bonchev–Trinajstić information content (AvgIpc) is 2.04. The van der Waals surface area contributed by atoms with E-state index in [-0.39, 0.29) is 0 Å². The van der Waals surface area contributed by atoms with Crippen molar-refractivity contribution in [1.82, 2.24) is 4.90 Å². The molecule has 0 aliphatic rings. The van der Waals surface area contributed by atoms with Gasteiger partial charge in [-0.3, -0.25) is 0 Å². The number of nitrogens with zero attached hydrogens (tertiary/aromatic N) is 1. The molecule has 0 aliphatic carbocycles. The van der Waals surface area contributed by atoms with Crippen molar-refractivity contribution in [3.8, 4) is 0 Å². The molecule has 0 aromatic rings. The van der Waals surface area contributed by atoms with Gasteiger partial charge in [0.15, 0.2) is 0 Å². The molecule has 0 aromatic carbocycles. The molecule has 2 nitrogen and oxygen atoms in total. The molecule has 1 atom stereocenters. The zero-order valence-corrected chi connectivity index (χ0v) is 9.71. The summed E-state index contributed by atoms with van der Waals surface area (Å²) in [6.45, 7) is 12.3. The minimum atomic E-state index is 0.667. The summed E-state index contributed by atoms with van der Waals surface area (Å²) in [7, 11) is 0. The second kappa shape index (κ2) is 7.34. The van der Waals surface area contributed by atoms with E-state index in [1.807, 2.05) is 0 Å². The van der Waals surface area contributed by atoms with Crippen molar-refractivity contribution < 1.29 is 0 Å². The Kier molecular flexibility index (Phi) is 7.29. The lowest BCUT2D eigenvalue weighted by atomic mass is 10.1. The van der Waals surface area contributed by atoms with Crippen LogP contribution < -0.4 is 5.73 Å². The van der Waals surface area contributed by atoms with E-state index in [1.165, 1.54) is 19.5 Å². The molecule has 0 amide bonds. The second-order valence-electron chi connectivity index (χ2n) is 4.27. The molecule has 0 spiro atoms. The third-order valence-electron chi connectivity index (χ3n) is 2.45. The first kappa shape index (κ1) is 12.9. The van der Waals surface area contributed by atoms with Gasteiger partial charge < -0.3 is 10.6 Å². The smallest absolute Gasteiger partial charge is 0.00387 e. The third kappa shape index (κ3) is 6.05. The summed E-state index contributed by atoms with van der Waals surface area (Å²) >= 11 is 0. The minimum Gasteiger partial charge on any atom is -0.330 e. The predicted octanol–water partition coefficient (Wildman–Crippen LogP) is 2.09. The van der Waals surface area contributed by atoms with Gasteiger partial charge in [-0.1, -0.05) is 13.8 Å². The molecule has 13 heavy (non-hydrogen) atoms. The molecule has 0 aromatic heterocycles. The van der Waals surface area contributed by atoms with Crippen LogP contribution in [-0.4, -0.2) is 30.6 Å². The molecule has 0 bridgehead atoms. The zero-order chi connectivity index (χ0) is 10.3. The molecular weight excluding hydrogens is 160 g/mol. The van der Waals surface area contributed by atoms with Crippen LogP contribution in [0.25, 0.3) is 0 Å². The molecule has 0 fully saturated rings. The van der Waals surface area contributed by atoms with E-state index in [0.29, 0.717) is 6.04 Å². The molecule has 80 valence electrons. The maximum absolute atomic E-state index is 5.54. The Bertz CT molecular complexity index is 113. The number of hydrogen-bond acceptors (Lipinski definition) is 2. The fourth-order valence-corrected chi connectivity index (χ4v) is 1.62. The van der Waals surface area contributed by atoms with Gasteiger partial charge in [-0.25, -0.2) is 0 Å². The number of hydrogen-bond donors (Lipinski definition) is 1. The van der Waals surface area contributed by atoms with Crippen LogP contribution in [0.15, 0.2) is 0 Å². The first-order valence-corrected chi connectivity index (χ1v) is 5.55. The van der Waals surface area contributed by atoms with Crippen LogP contribution in [0.1, 0.15) is 40.5 Å². The topological polar surface area (TPSA) is 29.3 Å². The van der Waals surface area contributed by atoms with Crippen LogP contribution in [0.2, 0.25) is 0 Å². The van der Waals surface area contributed by atoms with Gasteiger partial charge in [-0.15, -0.1) is 0 Å². The van der Waals surface area contributed by atoms with Gasteiger partial charge in [0.25, 0.3) is 0 Å². The molecule has 0 rings (SSSR count). The molecule has 0 radical (unpaired) electrons. The van der Waals surface area contributed by atoms with Crippen molar-refractivity contribution >= 4 is 0 Å². The average molecular weight is 186 g/mol. The highest BCUT2D eigenvalue weighted by molar-refractivity contribution is 4.66. The highest BCUT2D eigenvalue weighted by Gasteiger charge is 2.11. The summed E-state index contributed by atoms with van der Waals surface area (Å²) in [6, 6.07) is 0.667. The summed E-state index contributed by atoms with van der Waals surface area (Å²) in [4.78, 5) is 2.54. The van der Waals surface area contributed by atoms with E-state index in [2.05, 4.69) is 32.6 Å². The molecule has 1 unspecified atom stereocenters. The maximum atomic E-state index is 5.54. The maximum Gasteiger partial charge on any atom is 0.00387 e. The van der Waals surface area contributed by atoms with Gasteiger partial charge in [0, 0.05) is 12.6 Å². The van der Waals surface area contributed by atoms with Gasteiger partial charge in [-0.05, 0) is 45.7 Å². The van der Waals surface area contributed by atoms with Gasteiger partial charge in [0.05, 0.1) is 0 Å². The van der Waals surface area contributed by atoms with Crippen LogP contribution in [0.3, 0.4) is 0 Å². The van der Waals surface area contributed by atoms with Crippen LogP contribution in [0.4, 0.5) is 0 Å². The Hall–Kier alpha value is -0.0800. The predicted molar refractivity (Wildman–Crippen MR) is 59.8 cm³/mol. The quantitative estimate of drug-likeness (QED) is 0.659.